The number of phenolic OH excluding ortho intramolecular Hbond substituents is 1. The van der Waals surface area contributed by atoms with Crippen LogP contribution in [-0.2, 0) is 9.84 Å². The van der Waals surface area contributed by atoms with E-state index in [1.54, 1.807) is 12.1 Å². The Kier molecular flexibility index (Phi) is 3.17. The van der Waals surface area contributed by atoms with Crippen LogP contribution in [0.1, 0.15) is 5.56 Å². The van der Waals surface area contributed by atoms with E-state index in [-0.39, 0.29) is 17.3 Å². The van der Waals surface area contributed by atoms with Crippen molar-refractivity contribution in [1.29, 1.82) is 0 Å². The molecular weight excluding hydrogens is 295 g/mol. The molecule has 0 fully saturated rings. The maximum absolute atomic E-state index is 13.3. The van der Waals surface area contributed by atoms with E-state index in [0.29, 0.717) is 16.9 Å². The minimum absolute atomic E-state index is 0.0286. The van der Waals surface area contributed by atoms with Gasteiger partial charge in [0.2, 0.25) is 9.84 Å². The van der Waals surface area contributed by atoms with Crippen molar-refractivity contribution in [2.24, 2.45) is 0 Å². The Morgan fingerprint density at radius 3 is 2.71 bits per heavy atom. The van der Waals surface area contributed by atoms with Crippen molar-refractivity contribution in [3.05, 3.63) is 59.3 Å². The van der Waals surface area contributed by atoms with E-state index >= 15 is 0 Å². The molecule has 4 nitrogen and oxygen atoms in total. The third kappa shape index (κ3) is 2.62. The lowest BCUT2D eigenvalue weighted by atomic mass is 10.1. The summed E-state index contributed by atoms with van der Waals surface area (Å²) in [6.07, 6.45) is 0. The Morgan fingerprint density at radius 1 is 1.14 bits per heavy atom. The van der Waals surface area contributed by atoms with Gasteiger partial charge in [-0.25, -0.2) is 12.8 Å². The molecule has 108 valence electrons. The molecule has 21 heavy (non-hydrogen) atoms. The number of hydrogen-bond donors (Lipinski definition) is 1. The van der Waals surface area contributed by atoms with Crippen LogP contribution in [0.4, 0.5) is 4.39 Å². The van der Waals surface area contributed by atoms with Crippen molar-refractivity contribution in [2.45, 2.75) is 4.90 Å². The number of fused-ring (bicyclic) bond motifs is 1. The average molecular weight is 306 g/mol. The normalized spacial score (nSPS) is 15.4. The Balaban J connectivity index is 1.89. The number of sulfone groups is 1. The molecule has 1 aliphatic heterocycles. The molecule has 1 N–H and O–H groups in total. The molecule has 0 atom stereocenters. The summed E-state index contributed by atoms with van der Waals surface area (Å²) in [4.78, 5) is 0.0819. The first-order chi connectivity index (χ1) is 9.95. The largest absolute Gasteiger partial charge is 0.508 e. The molecule has 0 radical (unpaired) electrons. The summed E-state index contributed by atoms with van der Waals surface area (Å²) in [5, 5.41) is 10.4. The lowest BCUT2D eigenvalue weighted by Crippen LogP contribution is -1.99. The van der Waals surface area contributed by atoms with Crippen LogP contribution in [0.15, 0.2) is 52.8 Å². The SMILES string of the molecule is O=S1(=O)C=C(COc2cccc(O)c2)c2cc(F)ccc21. The highest BCUT2D eigenvalue weighted by molar-refractivity contribution is 7.95. The van der Waals surface area contributed by atoms with Crippen LogP contribution in [0.3, 0.4) is 0 Å². The van der Waals surface area contributed by atoms with Gasteiger partial charge in [-0.2, -0.15) is 0 Å². The first-order valence-electron chi connectivity index (χ1n) is 6.13. The smallest absolute Gasteiger partial charge is 0.200 e. The van der Waals surface area contributed by atoms with Crippen molar-refractivity contribution in [2.75, 3.05) is 6.61 Å². The van der Waals surface area contributed by atoms with Crippen molar-refractivity contribution in [1.82, 2.24) is 0 Å². The molecule has 6 heteroatoms. The monoisotopic (exact) mass is 306 g/mol. The summed E-state index contributed by atoms with van der Waals surface area (Å²) in [5.41, 5.74) is 0.697. The third-order valence-corrected chi connectivity index (χ3v) is 4.67. The van der Waals surface area contributed by atoms with Crippen molar-refractivity contribution in [3.8, 4) is 11.5 Å². The van der Waals surface area contributed by atoms with E-state index in [1.165, 1.54) is 24.3 Å². The predicted octanol–water partition coefficient (Wildman–Crippen LogP) is 2.74. The second-order valence-electron chi connectivity index (χ2n) is 4.61. The maximum Gasteiger partial charge on any atom is 0.200 e. The zero-order chi connectivity index (χ0) is 15.0. The van der Waals surface area contributed by atoms with Crippen molar-refractivity contribution >= 4 is 15.4 Å². The summed E-state index contributed by atoms with van der Waals surface area (Å²) in [6.45, 7) is -0.0286. The highest BCUT2D eigenvalue weighted by Crippen LogP contribution is 2.34. The van der Waals surface area contributed by atoms with E-state index in [4.69, 9.17) is 4.74 Å². The van der Waals surface area contributed by atoms with Gasteiger partial charge in [0.1, 0.15) is 23.9 Å². The minimum Gasteiger partial charge on any atom is -0.508 e. The summed E-state index contributed by atoms with van der Waals surface area (Å²) < 4.78 is 42.6. The fourth-order valence-corrected chi connectivity index (χ4v) is 3.61. The first kappa shape index (κ1) is 13.6. The molecule has 0 saturated heterocycles. The van der Waals surface area contributed by atoms with Crippen LogP contribution in [0, 0.1) is 5.82 Å². The molecule has 0 amide bonds. The summed E-state index contributed by atoms with van der Waals surface area (Å²) >= 11 is 0. The molecule has 1 aliphatic rings. The Hall–Kier alpha value is -2.34. The molecule has 0 bridgehead atoms. The van der Waals surface area contributed by atoms with Crippen LogP contribution in [0.5, 0.6) is 11.5 Å². The molecular formula is C15H11FO4S. The molecule has 0 aromatic heterocycles. The van der Waals surface area contributed by atoms with E-state index in [2.05, 4.69) is 0 Å². The Morgan fingerprint density at radius 2 is 1.95 bits per heavy atom. The number of rotatable bonds is 3. The van der Waals surface area contributed by atoms with E-state index in [1.807, 2.05) is 0 Å². The van der Waals surface area contributed by atoms with Gasteiger partial charge in [0.25, 0.3) is 0 Å². The number of aromatic hydroxyl groups is 1. The number of ether oxygens (including phenoxy) is 1. The Bertz CT molecular complexity index is 841. The zero-order valence-corrected chi connectivity index (χ0v) is 11.6. The molecule has 2 aromatic rings. The maximum atomic E-state index is 13.3. The van der Waals surface area contributed by atoms with Crippen LogP contribution in [0.25, 0.3) is 5.57 Å². The van der Waals surface area contributed by atoms with Gasteiger partial charge in [-0.1, -0.05) is 6.07 Å². The minimum atomic E-state index is -3.54. The molecule has 3 rings (SSSR count). The van der Waals surface area contributed by atoms with E-state index < -0.39 is 15.7 Å². The lowest BCUT2D eigenvalue weighted by molar-refractivity contribution is 0.366. The second-order valence-corrected chi connectivity index (χ2v) is 6.38. The van der Waals surface area contributed by atoms with Gasteiger partial charge in [-0.15, -0.1) is 0 Å². The molecule has 0 spiro atoms. The number of phenols is 1. The van der Waals surface area contributed by atoms with Gasteiger partial charge in [0.05, 0.1) is 4.90 Å². The molecule has 0 saturated carbocycles. The average Bonchev–Trinajstić information content (AvgIpc) is 2.67. The molecule has 0 aliphatic carbocycles. The van der Waals surface area contributed by atoms with Gasteiger partial charge < -0.3 is 9.84 Å². The third-order valence-electron chi connectivity index (χ3n) is 3.10. The fourth-order valence-electron chi connectivity index (χ4n) is 2.16. The standard InChI is InChI=1S/C15H11FO4S/c16-11-4-5-15-14(6-11)10(9-21(15,18)19)8-20-13-3-1-2-12(17)7-13/h1-7,9,17H,8H2. The summed E-state index contributed by atoms with van der Waals surface area (Å²) in [7, 11) is -3.54. The van der Waals surface area contributed by atoms with Crippen molar-refractivity contribution < 1.29 is 22.7 Å². The zero-order valence-electron chi connectivity index (χ0n) is 10.8. The number of halogens is 1. The van der Waals surface area contributed by atoms with Crippen LogP contribution in [-0.4, -0.2) is 20.1 Å². The van der Waals surface area contributed by atoms with Crippen LogP contribution in [0.2, 0.25) is 0 Å². The molecule has 1 heterocycles. The number of benzene rings is 2. The van der Waals surface area contributed by atoms with Gasteiger partial charge >= 0.3 is 0 Å². The topological polar surface area (TPSA) is 63.6 Å². The first-order valence-corrected chi connectivity index (χ1v) is 7.68. The quantitative estimate of drug-likeness (QED) is 0.886. The predicted molar refractivity (Wildman–Crippen MR) is 75.2 cm³/mol. The van der Waals surface area contributed by atoms with Gasteiger partial charge in [0.15, 0.2) is 0 Å². The van der Waals surface area contributed by atoms with Crippen LogP contribution >= 0.6 is 0 Å². The molecule has 2 aromatic carbocycles. The van der Waals surface area contributed by atoms with Crippen LogP contribution < -0.4 is 4.74 Å². The van der Waals surface area contributed by atoms with Gasteiger partial charge in [-0.3, -0.25) is 0 Å². The summed E-state index contributed by atoms with van der Waals surface area (Å²) in [6, 6.07) is 9.69. The lowest BCUT2D eigenvalue weighted by Gasteiger charge is -2.08. The molecule has 0 unspecified atom stereocenters. The van der Waals surface area contributed by atoms with Gasteiger partial charge in [0, 0.05) is 22.6 Å². The number of hydrogen-bond acceptors (Lipinski definition) is 4. The highest BCUT2D eigenvalue weighted by Gasteiger charge is 2.27. The Labute approximate surface area is 121 Å². The van der Waals surface area contributed by atoms with E-state index in [9.17, 15) is 17.9 Å². The summed E-state index contributed by atoms with van der Waals surface area (Å²) in [5.74, 6) is -0.0563. The van der Waals surface area contributed by atoms with E-state index in [0.717, 1.165) is 11.5 Å². The fraction of sp³-hybridized carbons (Fsp3) is 0.0667. The van der Waals surface area contributed by atoms with Gasteiger partial charge in [-0.05, 0) is 30.3 Å². The second kappa shape index (κ2) is 4.89. The van der Waals surface area contributed by atoms with Crippen molar-refractivity contribution in [3.63, 3.8) is 0 Å². The highest BCUT2D eigenvalue weighted by atomic mass is 32.2.